The maximum Gasteiger partial charge on any atom is 0.0615 e. The molecule has 0 bridgehead atoms. The first-order valence-electron chi connectivity index (χ1n) is 8.33. The lowest BCUT2D eigenvalue weighted by Crippen LogP contribution is -2.58. The molecular formula is C18H28N2O. The molecule has 2 saturated heterocycles. The molecule has 0 radical (unpaired) electrons. The van der Waals surface area contributed by atoms with Crippen LogP contribution in [-0.2, 0) is 4.74 Å². The number of piperazine rings is 1. The number of hydrogen-bond acceptors (Lipinski definition) is 3. The van der Waals surface area contributed by atoms with E-state index in [1.54, 1.807) is 0 Å². The van der Waals surface area contributed by atoms with Gasteiger partial charge in [-0.25, -0.2) is 0 Å². The topological polar surface area (TPSA) is 15.7 Å². The van der Waals surface area contributed by atoms with Gasteiger partial charge in [-0.3, -0.25) is 9.80 Å². The molecule has 1 aromatic rings. The molecule has 0 aliphatic carbocycles. The molecule has 3 unspecified atom stereocenters. The monoisotopic (exact) mass is 288 g/mol. The van der Waals surface area contributed by atoms with Gasteiger partial charge in [0.1, 0.15) is 0 Å². The molecule has 2 fully saturated rings. The van der Waals surface area contributed by atoms with E-state index in [0.717, 1.165) is 12.6 Å². The van der Waals surface area contributed by atoms with Crippen LogP contribution in [0.15, 0.2) is 30.3 Å². The smallest absolute Gasteiger partial charge is 0.0615 e. The summed E-state index contributed by atoms with van der Waals surface area (Å²) >= 11 is 0. The van der Waals surface area contributed by atoms with Crippen molar-refractivity contribution in [1.29, 1.82) is 0 Å². The molecule has 3 rings (SSSR count). The van der Waals surface area contributed by atoms with Crippen molar-refractivity contribution in [2.45, 2.75) is 44.3 Å². The number of fused-ring (bicyclic) bond motifs is 1. The SMILES string of the molecule is COCC(C)N1CC2CCCCN2CC1c1ccccc1. The highest BCUT2D eigenvalue weighted by Gasteiger charge is 2.37. The normalized spacial score (nSPS) is 29.0. The van der Waals surface area contributed by atoms with Gasteiger partial charge >= 0.3 is 0 Å². The van der Waals surface area contributed by atoms with Crippen LogP contribution >= 0.6 is 0 Å². The minimum atomic E-state index is 0.476. The van der Waals surface area contributed by atoms with Crippen molar-refractivity contribution in [3.63, 3.8) is 0 Å². The summed E-state index contributed by atoms with van der Waals surface area (Å²) in [6.45, 7) is 6.75. The fraction of sp³-hybridized carbons (Fsp3) is 0.667. The summed E-state index contributed by atoms with van der Waals surface area (Å²) in [6, 6.07) is 12.7. The van der Waals surface area contributed by atoms with E-state index < -0.39 is 0 Å². The molecule has 0 amide bonds. The Kier molecular flexibility index (Phi) is 4.94. The highest BCUT2D eigenvalue weighted by Crippen LogP contribution is 2.33. The van der Waals surface area contributed by atoms with Gasteiger partial charge in [0, 0.05) is 38.3 Å². The summed E-state index contributed by atoms with van der Waals surface area (Å²) in [7, 11) is 1.81. The summed E-state index contributed by atoms with van der Waals surface area (Å²) < 4.78 is 5.42. The Morgan fingerprint density at radius 1 is 1.19 bits per heavy atom. The second kappa shape index (κ2) is 6.91. The fourth-order valence-corrected chi connectivity index (χ4v) is 4.00. The molecule has 0 saturated carbocycles. The first-order chi connectivity index (χ1) is 10.3. The van der Waals surface area contributed by atoms with Crippen LogP contribution < -0.4 is 0 Å². The number of benzene rings is 1. The standard InChI is InChI=1S/C18H28N2O/c1-15(14-21-2)20-12-17-10-6-7-11-19(17)13-18(20)16-8-4-3-5-9-16/h3-5,8-9,15,17-18H,6-7,10-14H2,1-2H3. The first-order valence-corrected chi connectivity index (χ1v) is 8.33. The van der Waals surface area contributed by atoms with Crippen LogP contribution in [0.3, 0.4) is 0 Å². The number of hydrogen-bond donors (Lipinski definition) is 0. The molecule has 0 aromatic heterocycles. The van der Waals surface area contributed by atoms with Gasteiger partial charge in [-0.05, 0) is 31.9 Å². The van der Waals surface area contributed by atoms with E-state index in [0.29, 0.717) is 12.1 Å². The summed E-state index contributed by atoms with van der Waals surface area (Å²) in [5.74, 6) is 0. The predicted octanol–water partition coefficient (Wildman–Crippen LogP) is 2.93. The average molecular weight is 288 g/mol. The molecular weight excluding hydrogens is 260 g/mol. The highest BCUT2D eigenvalue weighted by atomic mass is 16.5. The molecule has 116 valence electrons. The van der Waals surface area contributed by atoms with Gasteiger partial charge in [0.05, 0.1) is 6.61 Å². The van der Waals surface area contributed by atoms with Gasteiger partial charge in [-0.1, -0.05) is 36.8 Å². The summed E-state index contributed by atoms with van der Waals surface area (Å²) in [6.07, 6.45) is 4.12. The molecule has 3 atom stereocenters. The molecule has 3 heteroatoms. The first kappa shape index (κ1) is 15.0. The molecule has 1 aromatic carbocycles. The van der Waals surface area contributed by atoms with Crippen LogP contribution in [0.2, 0.25) is 0 Å². The van der Waals surface area contributed by atoms with E-state index in [4.69, 9.17) is 4.74 Å². The van der Waals surface area contributed by atoms with Crippen molar-refractivity contribution in [2.75, 3.05) is 33.4 Å². The Morgan fingerprint density at radius 3 is 2.76 bits per heavy atom. The van der Waals surface area contributed by atoms with Crippen LogP contribution in [0.25, 0.3) is 0 Å². The quantitative estimate of drug-likeness (QED) is 0.847. The molecule has 2 aliphatic heterocycles. The molecule has 3 nitrogen and oxygen atoms in total. The predicted molar refractivity (Wildman–Crippen MR) is 86.4 cm³/mol. The molecule has 0 spiro atoms. The average Bonchev–Trinajstić information content (AvgIpc) is 2.54. The summed E-state index contributed by atoms with van der Waals surface area (Å²) in [5.41, 5.74) is 1.45. The van der Waals surface area contributed by atoms with Crippen LogP contribution in [0.4, 0.5) is 0 Å². The zero-order valence-corrected chi connectivity index (χ0v) is 13.4. The van der Waals surface area contributed by atoms with Gasteiger partial charge in [0.25, 0.3) is 0 Å². The maximum atomic E-state index is 5.42. The van der Waals surface area contributed by atoms with E-state index >= 15 is 0 Å². The lowest BCUT2D eigenvalue weighted by molar-refractivity contribution is -0.0281. The van der Waals surface area contributed by atoms with E-state index in [9.17, 15) is 0 Å². The van der Waals surface area contributed by atoms with Crippen LogP contribution in [0.1, 0.15) is 37.8 Å². The van der Waals surface area contributed by atoms with E-state index in [1.807, 2.05) is 7.11 Å². The number of piperidine rings is 1. The van der Waals surface area contributed by atoms with Crippen molar-refractivity contribution in [2.24, 2.45) is 0 Å². The van der Waals surface area contributed by atoms with E-state index in [1.165, 1.54) is 44.5 Å². The van der Waals surface area contributed by atoms with Crippen molar-refractivity contribution in [3.8, 4) is 0 Å². The van der Waals surface area contributed by atoms with Crippen LogP contribution in [0, 0.1) is 0 Å². The molecule has 2 heterocycles. The third-order valence-electron chi connectivity index (χ3n) is 5.14. The minimum absolute atomic E-state index is 0.476. The third kappa shape index (κ3) is 3.31. The minimum Gasteiger partial charge on any atom is -0.383 e. The lowest BCUT2D eigenvalue weighted by Gasteiger charge is -2.50. The van der Waals surface area contributed by atoms with Gasteiger partial charge < -0.3 is 4.74 Å². The Morgan fingerprint density at radius 2 is 2.00 bits per heavy atom. The second-order valence-electron chi connectivity index (χ2n) is 6.57. The van der Waals surface area contributed by atoms with E-state index in [2.05, 4.69) is 47.1 Å². The van der Waals surface area contributed by atoms with Crippen molar-refractivity contribution >= 4 is 0 Å². The number of nitrogens with zero attached hydrogens (tertiary/aromatic N) is 2. The largest absolute Gasteiger partial charge is 0.383 e. The fourth-order valence-electron chi connectivity index (χ4n) is 4.00. The van der Waals surface area contributed by atoms with Crippen LogP contribution in [-0.4, -0.2) is 55.2 Å². The summed E-state index contributed by atoms with van der Waals surface area (Å²) in [5, 5.41) is 0. The molecule has 0 N–H and O–H groups in total. The number of methoxy groups -OCH3 is 1. The van der Waals surface area contributed by atoms with Crippen molar-refractivity contribution < 1.29 is 4.74 Å². The molecule has 2 aliphatic rings. The maximum absolute atomic E-state index is 5.42. The van der Waals surface area contributed by atoms with Gasteiger partial charge in [-0.15, -0.1) is 0 Å². The zero-order chi connectivity index (χ0) is 14.7. The zero-order valence-electron chi connectivity index (χ0n) is 13.4. The third-order valence-corrected chi connectivity index (χ3v) is 5.14. The Labute approximate surface area is 128 Å². The van der Waals surface area contributed by atoms with Crippen molar-refractivity contribution in [1.82, 2.24) is 9.80 Å². The Balaban J connectivity index is 1.82. The number of rotatable bonds is 4. The molecule has 21 heavy (non-hydrogen) atoms. The second-order valence-corrected chi connectivity index (χ2v) is 6.57. The Hall–Kier alpha value is -0.900. The lowest BCUT2D eigenvalue weighted by atomic mass is 9.92. The number of ether oxygens (including phenoxy) is 1. The summed E-state index contributed by atoms with van der Waals surface area (Å²) in [4.78, 5) is 5.39. The van der Waals surface area contributed by atoms with Crippen molar-refractivity contribution in [3.05, 3.63) is 35.9 Å². The Bertz CT molecular complexity index is 436. The highest BCUT2D eigenvalue weighted by molar-refractivity contribution is 5.21. The van der Waals surface area contributed by atoms with Gasteiger partial charge in [-0.2, -0.15) is 0 Å². The van der Waals surface area contributed by atoms with Crippen LogP contribution in [0.5, 0.6) is 0 Å². The van der Waals surface area contributed by atoms with Gasteiger partial charge in [0.2, 0.25) is 0 Å². The van der Waals surface area contributed by atoms with E-state index in [-0.39, 0.29) is 0 Å². The van der Waals surface area contributed by atoms with Gasteiger partial charge in [0.15, 0.2) is 0 Å².